The molecule has 0 saturated carbocycles. The Hall–Kier alpha value is -1.38. The second-order valence-corrected chi connectivity index (χ2v) is 2.89. The van der Waals surface area contributed by atoms with Crippen molar-refractivity contribution in [2.45, 2.75) is 13.0 Å². The van der Waals surface area contributed by atoms with Gasteiger partial charge in [-0.15, -0.1) is 0 Å². The van der Waals surface area contributed by atoms with Crippen LogP contribution in [-0.4, -0.2) is 15.8 Å². The van der Waals surface area contributed by atoms with Crippen LogP contribution in [0.25, 0.3) is 0 Å². The number of imidazole rings is 1. The number of hydrogen-bond acceptors (Lipinski definition) is 2. The van der Waals surface area contributed by atoms with E-state index < -0.39 is 0 Å². The Kier molecular flexibility index (Phi) is 2.03. The van der Waals surface area contributed by atoms with Crippen molar-refractivity contribution in [3.05, 3.63) is 31.0 Å². The van der Waals surface area contributed by atoms with Crippen molar-refractivity contribution >= 4 is 6.21 Å². The summed E-state index contributed by atoms with van der Waals surface area (Å²) in [4.78, 5) is 8.01. The molecule has 62 valence electrons. The number of hydrogen-bond donors (Lipinski definition) is 0. The van der Waals surface area contributed by atoms with Crippen LogP contribution in [-0.2, 0) is 6.54 Å². The highest BCUT2D eigenvalue weighted by molar-refractivity contribution is 5.66. The number of aryl methyl sites for hydroxylation is 1. The Bertz CT molecular complexity index is 273. The van der Waals surface area contributed by atoms with Gasteiger partial charge in [-0.1, -0.05) is 6.08 Å². The first-order valence-corrected chi connectivity index (χ1v) is 4.11. The van der Waals surface area contributed by atoms with Crippen LogP contribution < -0.4 is 0 Å². The highest BCUT2D eigenvalue weighted by Gasteiger charge is 2.03. The smallest absolute Gasteiger partial charge is 0.0945 e. The molecule has 0 spiro atoms. The topological polar surface area (TPSA) is 30.2 Å². The Morgan fingerprint density at radius 1 is 1.42 bits per heavy atom. The number of aliphatic imine (C=N–C) groups is 1. The molecular weight excluding hydrogens is 150 g/mol. The summed E-state index contributed by atoms with van der Waals surface area (Å²) in [5.74, 6) is 0.521. The van der Waals surface area contributed by atoms with Crippen LogP contribution in [0.3, 0.4) is 0 Å². The molecule has 1 unspecified atom stereocenters. The average Bonchev–Trinajstić information content (AvgIpc) is 2.74. The highest BCUT2D eigenvalue weighted by atomic mass is 15.0. The second-order valence-electron chi connectivity index (χ2n) is 2.89. The molecule has 1 aliphatic rings. The van der Waals surface area contributed by atoms with Crippen LogP contribution in [0.5, 0.6) is 0 Å². The minimum absolute atomic E-state index is 0.521. The third kappa shape index (κ3) is 1.61. The van der Waals surface area contributed by atoms with E-state index in [1.807, 2.05) is 24.9 Å². The van der Waals surface area contributed by atoms with E-state index in [9.17, 15) is 0 Å². The van der Waals surface area contributed by atoms with E-state index in [1.54, 1.807) is 6.20 Å². The third-order valence-corrected chi connectivity index (χ3v) is 1.98. The zero-order chi connectivity index (χ0) is 8.23. The molecule has 0 saturated heterocycles. The maximum atomic E-state index is 4.03. The standard InChI is InChI=1S/C9H11N3/c1-3-10-7-9(1)2-5-12-6-4-11-8-12/h1,3-4,6-9H,2,5H2. The van der Waals surface area contributed by atoms with E-state index in [2.05, 4.69) is 20.6 Å². The molecule has 3 heteroatoms. The van der Waals surface area contributed by atoms with Crippen molar-refractivity contribution in [2.75, 3.05) is 0 Å². The van der Waals surface area contributed by atoms with Crippen molar-refractivity contribution in [1.29, 1.82) is 0 Å². The first-order chi connectivity index (χ1) is 5.95. The fourth-order valence-electron chi connectivity index (χ4n) is 1.26. The predicted octanol–water partition coefficient (Wildman–Crippen LogP) is 1.49. The largest absolute Gasteiger partial charge is 0.337 e. The molecule has 1 aliphatic heterocycles. The Morgan fingerprint density at radius 2 is 2.42 bits per heavy atom. The lowest BCUT2D eigenvalue weighted by molar-refractivity contribution is 0.612. The average molecular weight is 161 g/mol. The van der Waals surface area contributed by atoms with Gasteiger partial charge in [0.25, 0.3) is 0 Å². The molecule has 1 aromatic rings. The molecule has 1 atom stereocenters. The van der Waals surface area contributed by atoms with Gasteiger partial charge < -0.3 is 4.57 Å². The second kappa shape index (κ2) is 3.34. The van der Waals surface area contributed by atoms with Crippen LogP contribution in [0.2, 0.25) is 0 Å². The first kappa shape index (κ1) is 7.28. The van der Waals surface area contributed by atoms with Gasteiger partial charge in [-0.3, -0.25) is 4.99 Å². The Balaban J connectivity index is 1.83. The van der Waals surface area contributed by atoms with Gasteiger partial charge in [0.1, 0.15) is 0 Å². The van der Waals surface area contributed by atoms with Crippen LogP contribution in [0.1, 0.15) is 6.42 Å². The molecule has 0 fully saturated rings. The van der Waals surface area contributed by atoms with Crippen molar-refractivity contribution in [3.63, 3.8) is 0 Å². The molecule has 12 heavy (non-hydrogen) atoms. The lowest BCUT2D eigenvalue weighted by atomic mass is 10.1. The normalized spacial score (nSPS) is 20.5. The minimum Gasteiger partial charge on any atom is -0.337 e. The van der Waals surface area contributed by atoms with Crippen molar-refractivity contribution < 1.29 is 0 Å². The SMILES string of the molecule is C1=CC(CCn2ccnc2)C=N1. The monoisotopic (exact) mass is 161 g/mol. The fraction of sp³-hybridized carbons (Fsp3) is 0.333. The molecule has 0 aliphatic carbocycles. The summed E-state index contributed by atoms with van der Waals surface area (Å²) in [5, 5.41) is 0. The molecule has 0 bridgehead atoms. The van der Waals surface area contributed by atoms with Gasteiger partial charge in [-0.2, -0.15) is 0 Å². The molecule has 2 heterocycles. The molecule has 0 amide bonds. The minimum atomic E-state index is 0.521. The van der Waals surface area contributed by atoms with E-state index >= 15 is 0 Å². The summed E-state index contributed by atoms with van der Waals surface area (Å²) in [6.07, 6.45) is 12.7. The maximum Gasteiger partial charge on any atom is 0.0945 e. The van der Waals surface area contributed by atoms with Crippen LogP contribution in [0.4, 0.5) is 0 Å². The first-order valence-electron chi connectivity index (χ1n) is 4.11. The van der Waals surface area contributed by atoms with Gasteiger partial charge >= 0.3 is 0 Å². The zero-order valence-corrected chi connectivity index (χ0v) is 6.80. The van der Waals surface area contributed by atoms with E-state index in [-0.39, 0.29) is 0 Å². The molecule has 0 N–H and O–H groups in total. The zero-order valence-electron chi connectivity index (χ0n) is 6.80. The van der Waals surface area contributed by atoms with Gasteiger partial charge in [-0.05, 0) is 6.42 Å². The fourth-order valence-corrected chi connectivity index (χ4v) is 1.26. The third-order valence-electron chi connectivity index (χ3n) is 1.98. The maximum absolute atomic E-state index is 4.03. The lowest BCUT2D eigenvalue weighted by Gasteiger charge is -2.03. The molecular formula is C9H11N3. The van der Waals surface area contributed by atoms with Crippen molar-refractivity contribution in [3.8, 4) is 0 Å². The van der Waals surface area contributed by atoms with E-state index in [4.69, 9.17) is 0 Å². The van der Waals surface area contributed by atoms with Gasteiger partial charge in [-0.25, -0.2) is 4.98 Å². The molecule has 3 nitrogen and oxygen atoms in total. The summed E-state index contributed by atoms with van der Waals surface area (Å²) < 4.78 is 2.08. The summed E-state index contributed by atoms with van der Waals surface area (Å²) in [6, 6.07) is 0. The van der Waals surface area contributed by atoms with Crippen LogP contribution in [0, 0.1) is 5.92 Å². The molecule has 1 aromatic heterocycles. The summed E-state index contributed by atoms with van der Waals surface area (Å²) in [5.41, 5.74) is 0. The predicted molar refractivity (Wildman–Crippen MR) is 48.0 cm³/mol. The number of nitrogens with zero attached hydrogens (tertiary/aromatic N) is 3. The van der Waals surface area contributed by atoms with Crippen molar-refractivity contribution in [2.24, 2.45) is 10.9 Å². The number of aromatic nitrogens is 2. The highest BCUT2D eigenvalue weighted by Crippen LogP contribution is 2.09. The summed E-state index contributed by atoms with van der Waals surface area (Å²) in [6.45, 7) is 1.01. The van der Waals surface area contributed by atoms with Crippen LogP contribution >= 0.6 is 0 Å². The van der Waals surface area contributed by atoms with Gasteiger partial charge in [0.15, 0.2) is 0 Å². The van der Waals surface area contributed by atoms with E-state index in [0.717, 1.165) is 13.0 Å². The van der Waals surface area contributed by atoms with Gasteiger partial charge in [0, 0.05) is 37.3 Å². The quantitative estimate of drug-likeness (QED) is 0.660. The Labute approximate surface area is 71.5 Å². The molecule has 0 radical (unpaired) electrons. The Morgan fingerprint density at radius 3 is 3.08 bits per heavy atom. The van der Waals surface area contributed by atoms with Crippen molar-refractivity contribution in [1.82, 2.24) is 9.55 Å². The summed E-state index contributed by atoms with van der Waals surface area (Å²) >= 11 is 0. The van der Waals surface area contributed by atoms with Gasteiger partial charge in [0.2, 0.25) is 0 Å². The van der Waals surface area contributed by atoms with Gasteiger partial charge in [0.05, 0.1) is 6.33 Å². The number of allylic oxidation sites excluding steroid dienone is 1. The summed E-state index contributed by atoms with van der Waals surface area (Å²) in [7, 11) is 0. The molecule has 0 aromatic carbocycles. The molecule has 2 rings (SSSR count). The van der Waals surface area contributed by atoms with Crippen LogP contribution in [0.15, 0.2) is 36.0 Å². The van der Waals surface area contributed by atoms with E-state index in [1.165, 1.54) is 0 Å². The lowest BCUT2D eigenvalue weighted by Crippen LogP contribution is -2.02. The van der Waals surface area contributed by atoms with E-state index in [0.29, 0.717) is 5.92 Å². The number of rotatable bonds is 3.